The third-order valence-corrected chi connectivity index (χ3v) is 3.08. The minimum absolute atomic E-state index is 1.00. The molecule has 0 amide bonds. The van der Waals surface area contributed by atoms with E-state index in [-0.39, 0.29) is 0 Å². The van der Waals surface area contributed by atoms with Gasteiger partial charge in [-0.1, -0.05) is 60.7 Å². The lowest BCUT2D eigenvalue weighted by Crippen LogP contribution is -1.85. The molecule has 0 bridgehead atoms. The van der Waals surface area contributed by atoms with E-state index in [1.807, 2.05) is 0 Å². The van der Waals surface area contributed by atoms with E-state index in [4.69, 9.17) is 0 Å². The van der Waals surface area contributed by atoms with Crippen LogP contribution in [-0.4, -0.2) is 0 Å². The highest BCUT2D eigenvalue weighted by atomic mass is 14.0. The fraction of sp³-hybridized carbons (Fsp3) is 0.176. The van der Waals surface area contributed by atoms with Crippen LogP contribution in [0.15, 0.2) is 54.6 Å². The molecule has 0 aliphatic carbocycles. The summed E-state index contributed by atoms with van der Waals surface area (Å²) in [6.45, 7) is 4.31. The van der Waals surface area contributed by atoms with Crippen LogP contribution in [0.3, 0.4) is 0 Å². The monoisotopic (exact) mass is 222 g/mol. The average Bonchev–Trinajstić information content (AvgIpc) is 2.34. The maximum Gasteiger partial charge on any atom is -0.00915 e. The predicted octanol–water partition coefficient (Wildman–Crippen LogP) is 4.56. The highest BCUT2D eigenvalue weighted by molar-refractivity contribution is 5.53. The number of benzene rings is 2. The van der Waals surface area contributed by atoms with Gasteiger partial charge in [0, 0.05) is 0 Å². The van der Waals surface area contributed by atoms with E-state index in [9.17, 15) is 0 Å². The normalized spacial score (nSPS) is 10.9. The Kier molecular flexibility index (Phi) is 3.77. The minimum Gasteiger partial charge on any atom is -0.0795 e. The highest BCUT2D eigenvalue weighted by Crippen LogP contribution is 2.12. The van der Waals surface area contributed by atoms with Crippen LogP contribution in [-0.2, 0) is 6.42 Å². The van der Waals surface area contributed by atoms with Crippen LogP contribution < -0.4 is 0 Å². The zero-order valence-electron chi connectivity index (χ0n) is 10.5. The number of hydrogen-bond acceptors (Lipinski definition) is 0. The van der Waals surface area contributed by atoms with Crippen molar-refractivity contribution in [2.45, 2.75) is 20.3 Å². The first-order valence-corrected chi connectivity index (χ1v) is 6.04. The van der Waals surface area contributed by atoms with Gasteiger partial charge in [-0.15, -0.1) is 0 Å². The van der Waals surface area contributed by atoms with Gasteiger partial charge in [-0.2, -0.15) is 0 Å². The van der Waals surface area contributed by atoms with Gasteiger partial charge in [0.15, 0.2) is 0 Å². The fourth-order valence-corrected chi connectivity index (χ4v) is 1.93. The Morgan fingerprint density at radius 1 is 0.824 bits per heavy atom. The molecule has 0 heteroatoms. The Labute approximate surface area is 104 Å². The molecule has 0 radical (unpaired) electrons. The van der Waals surface area contributed by atoms with Crippen molar-refractivity contribution in [1.29, 1.82) is 0 Å². The summed E-state index contributed by atoms with van der Waals surface area (Å²) in [6.07, 6.45) is 5.45. The molecule has 0 spiro atoms. The molecule has 0 atom stereocenters. The van der Waals surface area contributed by atoms with Crippen molar-refractivity contribution in [1.82, 2.24) is 0 Å². The smallest absolute Gasteiger partial charge is 0.00915 e. The fourth-order valence-electron chi connectivity index (χ4n) is 1.93. The molecule has 2 aromatic rings. The van der Waals surface area contributed by atoms with Gasteiger partial charge in [-0.05, 0) is 42.5 Å². The summed E-state index contributed by atoms with van der Waals surface area (Å²) in [4.78, 5) is 0. The third kappa shape index (κ3) is 3.07. The van der Waals surface area contributed by atoms with Crippen molar-refractivity contribution in [3.63, 3.8) is 0 Å². The molecule has 2 rings (SSSR count). The minimum atomic E-state index is 1.00. The molecule has 0 saturated heterocycles. The molecule has 0 aliphatic rings. The van der Waals surface area contributed by atoms with Crippen LogP contribution in [0, 0.1) is 13.8 Å². The molecule has 17 heavy (non-hydrogen) atoms. The number of hydrogen-bond donors (Lipinski definition) is 0. The van der Waals surface area contributed by atoms with Crippen LogP contribution >= 0.6 is 0 Å². The largest absolute Gasteiger partial charge is 0.0795 e. The predicted molar refractivity (Wildman–Crippen MR) is 75.1 cm³/mol. The van der Waals surface area contributed by atoms with Gasteiger partial charge in [0.2, 0.25) is 0 Å². The van der Waals surface area contributed by atoms with Gasteiger partial charge < -0.3 is 0 Å². The lowest BCUT2D eigenvalue weighted by Gasteiger charge is -2.02. The molecule has 0 heterocycles. The molecule has 0 unspecified atom stereocenters. The zero-order valence-corrected chi connectivity index (χ0v) is 10.5. The zero-order chi connectivity index (χ0) is 12.1. The number of allylic oxidation sites excluding steroid dienone is 1. The summed E-state index contributed by atoms with van der Waals surface area (Å²) in [6, 6.07) is 17.0. The van der Waals surface area contributed by atoms with Crippen molar-refractivity contribution in [2.75, 3.05) is 0 Å². The summed E-state index contributed by atoms with van der Waals surface area (Å²) in [5, 5.41) is 0. The summed E-state index contributed by atoms with van der Waals surface area (Å²) >= 11 is 0. The summed E-state index contributed by atoms with van der Waals surface area (Å²) in [7, 11) is 0. The average molecular weight is 222 g/mol. The Morgan fingerprint density at radius 2 is 1.47 bits per heavy atom. The Bertz CT molecular complexity index is 521. The summed E-state index contributed by atoms with van der Waals surface area (Å²) < 4.78 is 0. The molecule has 86 valence electrons. The van der Waals surface area contributed by atoms with Gasteiger partial charge in [-0.25, -0.2) is 0 Å². The van der Waals surface area contributed by atoms with Gasteiger partial charge in [-0.3, -0.25) is 0 Å². The first-order chi connectivity index (χ1) is 8.27. The molecule has 0 fully saturated rings. The van der Waals surface area contributed by atoms with Crippen molar-refractivity contribution >= 4 is 6.08 Å². The molecular weight excluding hydrogens is 204 g/mol. The second-order valence-electron chi connectivity index (χ2n) is 4.39. The first-order valence-electron chi connectivity index (χ1n) is 6.04. The molecule has 0 aliphatic heterocycles. The maximum absolute atomic E-state index is 2.24. The maximum atomic E-state index is 2.24. The number of rotatable bonds is 3. The quantitative estimate of drug-likeness (QED) is 0.714. The topological polar surface area (TPSA) is 0 Å². The van der Waals surface area contributed by atoms with Crippen LogP contribution in [0.25, 0.3) is 6.08 Å². The molecule has 2 aromatic carbocycles. The van der Waals surface area contributed by atoms with Crippen molar-refractivity contribution < 1.29 is 0 Å². The van der Waals surface area contributed by atoms with Gasteiger partial charge in [0.25, 0.3) is 0 Å². The van der Waals surface area contributed by atoms with Gasteiger partial charge >= 0.3 is 0 Å². The first kappa shape index (κ1) is 11.7. The molecule has 0 aromatic heterocycles. The number of aryl methyl sites for hydroxylation is 2. The lowest BCUT2D eigenvalue weighted by atomic mass is 10.0. The Balaban J connectivity index is 2.09. The Hall–Kier alpha value is -1.82. The standard InChI is InChI=1S/C17H18/c1-14-8-3-5-10-16(14)12-7-13-17-11-6-4-9-15(17)2/h3-12H,13H2,1-2H3. The van der Waals surface area contributed by atoms with E-state index in [1.165, 1.54) is 22.3 Å². The van der Waals surface area contributed by atoms with Gasteiger partial charge in [0.1, 0.15) is 0 Å². The molecule has 0 nitrogen and oxygen atoms in total. The second kappa shape index (κ2) is 5.49. The van der Waals surface area contributed by atoms with E-state index in [0.717, 1.165) is 6.42 Å². The van der Waals surface area contributed by atoms with E-state index < -0.39 is 0 Å². The van der Waals surface area contributed by atoms with Crippen molar-refractivity contribution in [3.8, 4) is 0 Å². The SMILES string of the molecule is Cc1ccccc1C=CCc1ccccc1C. The Morgan fingerprint density at radius 3 is 2.18 bits per heavy atom. The van der Waals surface area contributed by atoms with E-state index in [2.05, 4.69) is 74.5 Å². The summed E-state index contributed by atoms with van der Waals surface area (Å²) in [5.41, 5.74) is 5.40. The van der Waals surface area contributed by atoms with E-state index in [1.54, 1.807) is 0 Å². The van der Waals surface area contributed by atoms with Crippen LogP contribution in [0.1, 0.15) is 22.3 Å². The van der Waals surface area contributed by atoms with Crippen LogP contribution in [0.4, 0.5) is 0 Å². The highest BCUT2D eigenvalue weighted by Gasteiger charge is 1.94. The van der Waals surface area contributed by atoms with Crippen molar-refractivity contribution in [2.24, 2.45) is 0 Å². The third-order valence-electron chi connectivity index (χ3n) is 3.08. The molecule has 0 saturated carbocycles. The second-order valence-corrected chi connectivity index (χ2v) is 4.39. The van der Waals surface area contributed by atoms with E-state index >= 15 is 0 Å². The van der Waals surface area contributed by atoms with Gasteiger partial charge in [0.05, 0.1) is 0 Å². The molecule has 0 N–H and O–H groups in total. The van der Waals surface area contributed by atoms with Crippen molar-refractivity contribution in [3.05, 3.63) is 76.9 Å². The summed E-state index contributed by atoms with van der Waals surface area (Å²) in [5.74, 6) is 0. The lowest BCUT2D eigenvalue weighted by molar-refractivity contribution is 1.22. The van der Waals surface area contributed by atoms with E-state index in [0.29, 0.717) is 0 Å². The van der Waals surface area contributed by atoms with Crippen LogP contribution in [0.5, 0.6) is 0 Å². The van der Waals surface area contributed by atoms with Crippen LogP contribution in [0.2, 0.25) is 0 Å². The molecular formula is C17H18.